The Morgan fingerprint density at radius 2 is 2.17 bits per heavy atom. The van der Waals surface area contributed by atoms with Crippen LogP contribution in [0, 0.1) is 0 Å². The number of methoxy groups -OCH3 is 1. The zero-order valence-electron chi connectivity index (χ0n) is 14.4. The van der Waals surface area contributed by atoms with Crippen LogP contribution in [0.2, 0.25) is 0 Å². The van der Waals surface area contributed by atoms with Crippen LogP contribution in [0.3, 0.4) is 0 Å². The van der Waals surface area contributed by atoms with Crippen molar-refractivity contribution in [1.29, 1.82) is 0 Å². The summed E-state index contributed by atoms with van der Waals surface area (Å²) in [4.78, 5) is 19.3. The highest BCUT2D eigenvalue weighted by molar-refractivity contribution is 5.82. The molecule has 2 aromatic rings. The number of amides is 1. The van der Waals surface area contributed by atoms with E-state index in [4.69, 9.17) is 4.74 Å². The third kappa shape index (κ3) is 3.36. The number of carbonyl (C=O) groups is 1. The van der Waals surface area contributed by atoms with Gasteiger partial charge < -0.3 is 14.2 Å². The van der Waals surface area contributed by atoms with Gasteiger partial charge in [-0.15, -0.1) is 0 Å². The zero-order chi connectivity index (χ0) is 16.9. The minimum absolute atomic E-state index is 0.0477. The fourth-order valence-electron chi connectivity index (χ4n) is 3.51. The summed E-state index contributed by atoms with van der Waals surface area (Å²) in [5.74, 6) is 1.13. The predicted octanol–water partition coefficient (Wildman–Crippen LogP) is 3.00. The van der Waals surface area contributed by atoms with Crippen molar-refractivity contribution in [3.63, 3.8) is 0 Å². The van der Waals surface area contributed by atoms with Gasteiger partial charge in [0.05, 0.1) is 6.04 Å². The first-order chi connectivity index (χ1) is 11.7. The van der Waals surface area contributed by atoms with E-state index >= 15 is 0 Å². The first-order valence-corrected chi connectivity index (χ1v) is 8.62. The topological polar surface area (TPSA) is 47.4 Å². The molecular weight excluding hydrogens is 302 g/mol. The Bertz CT molecular complexity index is 668. The number of aromatic nitrogens is 2. The Hall–Kier alpha value is -2.14. The summed E-state index contributed by atoms with van der Waals surface area (Å²) < 4.78 is 7.74. The fraction of sp³-hybridized carbons (Fsp3) is 0.474. The monoisotopic (exact) mass is 327 g/mol. The van der Waals surface area contributed by atoms with E-state index in [1.807, 2.05) is 47.6 Å². The highest BCUT2D eigenvalue weighted by atomic mass is 16.5. The number of carbonyl (C=O) groups excluding carboxylic acids is 1. The van der Waals surface area contributed by atoms with Crippen LogP contribution in [-0.4, -0.2) is 40.6 Å². The number of piperidine rings is 1. The van der Waals surface area contributed by atoms with Gasteiger partial charge in [0.25, 0.3) is 5.91 Å². The maximum atomic E-state index is 13.0. The third-order valence-electron chi connectivity index (χ3n) is 4.73. The molecule has 5 heteroatoms. The highest BCUT2D eigenvalue weighted by Gasteiger charge is 2.30. The molecule has 0 saturated carbocycles. The Balaban J connectivity index is 1.75. The smallest absolute Gasteiger partial charge is 0.256 e. The number of hydrogen-bond acceptors (Lipinski definition) is 3. The van der Waals surface area contributed by atoms with E-state index in [1.165, 1.54) is 0 Å². The number of benzene rings is 1. The molecule has 1 amide bonds. The second-order valence-corrected chi connectivity index (χ2v) is 6.21. The Morgan fingerprint density at radius 3 is 2.88 bits per heavy atom. The lowest BCUT2D eigenvalue weighted by Gasteiger charge is -2.35. The van der Waals surface area contributed by atoms with Crippen LogP contribution in [0.5, 0.6) is 0 Å². The van der Waals surface area contributed by atoms with Crippen molar-refractivity contribution in [2.75, 3.05) is 20.2 Å². The molecule has 128 valence electrons. The van der Waals surface area contributed by atoms with Crippen molar-refractivity contribution in [3.05, 3.63) is 54.1 Å². The van der Waals surface area contributed by atoms with Gasteiger partial charge in [-0.25, -0.2) is 4.98 Å². The molecule has 0 radical (unpaired) electrons. The summed E-state index contributed by atoms with van der Waals surface area (Å²) in [5.41, 5.74) is 0.906. The molecule has 2 heterocycles. The summed E-state index contributed by atoms with van der Waals surface area (Å²) in [7, 11) is 1.60. The lowest BCUT2D eigenvalue weighted by molar-refractivity contribution is -0.144. The molecule has 1 aliphatic rings. The molecule has 1 aromatic heterocycles. The number of rotatable bonds is 5. The minimum Gasteiger partial charge on any atom is -0.367 e. The van der Waals surface area contributed by atoms with E-state index in [1.54, 1.807) is 7.11 Å². The van der Waals surface area contributed by atoms with Crippen molar-refractivity contribution < 1.29 is 9.53 Å². The summed E-state index contributed by atoms with van der Waals surface area (Å²) in [6.07, 6.45) is 6.34. The largest absolute Gasteiger partial charge is 0.367 e. The van der Waals surface area contributed by atoms with E-state index in [2.05, 4.69) is 16.5 Å². The summed E-state index contributed by atoms with van der Waals surface area (Å²) in [6, 6.07) is 10.0. The van der Waals surface area contributed by atoms with E-state index < -0.39 is 6.10 Å². The van der Waals surface area contributed by atoms with Crippen LogP contribution in [0.4, 0.5) is 0 Å². The number of nitrogens with zero attached hydrogens (tertiary/aromatic N) is 3. The lowest BCUT2D eigenvalue weighted by Crippen LogP contribution is -2.43. The van der Waals surface area contributed by atoms with Gasteiger partial charge in [-0.05, 0) is 18.4 Å². The number of imidazole rings is 1. The van der Waals surface area contributed by atoms with Gasteiger partial charge in [0.2, 0.25) is 0 Å². The maximum absolute atomic E-state index is 13.0. The second-order valence-electron chi connectivity index (χ2n) is 6.21. The second kappa shape index (κ2) is 7.62. The van der Waals surface area contributed by atoms with Gasteiger partial charge >= 0.3 is 0 Å². The fourth-order valence-corrected chi connectivity index (χ4v) is 3.51. The van der Waals surface area contributed by atoms with Gasteiger partial charge in [-0.1, -0.05) is 37.3 Å². The molecule has 1 fully saturated rings. The van der Waals surface area contributed by atoms with Gasteiger partial charge in [0.1, 0.15) is 5.82 Å². The first kappa shape index (κ1) is 16.7. The lowest BCUT2D eigenvalue weighted by atomic mass is 10.0. The molecule has 1 aliphatic heterocycles. The Kier molecular flexibility index (Phi) is 5.30. The molecule has 0 spiro atoms. The average Bonchev–Trinajstić information content (AvgIpc) is 3.12. The maximum Gasteiger partial charge on any atom is 0.256 e. The highest BCUT2D eigenvalue weighted by Crippen LogP contribution is 2.27. The molecule has 1 saturated heterocycles. The predicted molar refractivity (Wildman–Crippen MR) is 92.6 cm³/mol. The molecule has 0 N–H and O–H groups in total. The van der Waals surface area contributed by atoms with Crippen LogP contribution in [0.15, 0.2) is 42.7 Å². The number of ether oxygens (including phenoxy) is 1. The van der Waals surface area contributed by atoms with Crippen LogP contribution in [0.25, 0.3) is 0 Å². The van der Waals surface area contributed by atoms with Crippen molar-refractivity contribution in [1.82, 2.24) is 14.5 Å². The van der Waals surface area contributed by atoms with E-state index in [-0.39, 0.29) is 5.91 Å². The van der Waals surface area contributed by atoms with Gasteiger partial charge in [0.15, 0.2) is 6.10 Å². The molecule has 0 aliphatic carbocycles. The first-order valence-electron chi connectivity index (χ1n) is 8.62. The molecule has 5 nitrogen and oxygen atoms in total. The van der Waals surface area contributed by atoms with Gasteiger partial charge in [-0.3, -0.25) is 4.79 Å². The number of hydrogen-bond donors (Lipinski definition) is 0. The summed E-state index contributed by atoms with van der Waals surface area (Å²) in [6.45, 7) is 3.62. The quantitative estimate of drug-likeness (QED) is 0.848. The molecule has 1 aromatic carbocycles. The molecule has 2 atom stereocenters. The van der Waals surface area contributed by atoms with Crippen LogP contribution >= 0.6 is 0 Å². The summed E-state index contributed by atoms with van der Waals surface area (Å²) in [5, 5.41) is 0. The zero-order valence-corrected chi connectivity index (χ0v) is 14.4. The normalized spacial score (nSPS) is 19.2. The van der Waals surface area contributed by atoms with Crippen LogP contribution in [-0.2, 0) is 16.0 Å². The van der Waals surface area contributed by atoms with E-state index in [0.717, 1.165) is 43.7 Å². The molecule has 0 bridgehead atoms. The Morgan fingerprint density at radius 1 is 1.38 bits per heavy atom. The van der Waals surface area contributed by atoms with Gasteiger partial charge in [0, 0.05) is 39.0 Å². The van der Waals surface area contributed by atoms with Crippen LogP contribution < -0.4 is 0 Å². The number of likely N-dealkylation sites (tertiary alicyclic amines) is 1. The van der Waals surface area contributed by atoms with E-state index in [9.17, 15) is 4.79 Å². The summed E-state index contributed by atoms with van der Waals surface area (Å²) >= 11 is 0. The molecule has 24 heavy (non-hydrogen) atoms. The van der Waals surface area contributed by atoms with Crippen molar-refractivity contribution in [2.45, 2.75) is 38.3 Å². The standard InChI is InChI=1S/C19H25N3O2/c1-3-17-20-11-13-22(17)16-10-7-12-21(14-16)19(23)18(24-2)15-8-5-4-6-9-15/h4-6,8-9,11,13,16,18H,3,7,10,12,14H2,1-2H3/t16-,18-/m0/s1. The SMILES string of the molecule is CCc1nccn1[C@H]1CCCN(C(=O)[C@@H](OC)c2ccccc2)C1. The molecule has 0 unspecified atom stereocenters. The Labute approximate surface area is 143 Å². The number of aryl methyl sites for hydroxylation is 1. The van der Waals surface area contributed by atoms with E-state index in [0.29, 0.717) is 6.04 Å². The van der Waals surface area contributed by atoms with Crippen molar-refractivity contribution in [3.8, 4) is 0 Å². The van der Waals surface area contributed by atoms with Crippen molar-refractivity contribution >= 4 is 5.91 Å². The third-order valence-corrected chi connectivity index (χ3v) is 4.73. The minimum atomic E-state index is -0.529. The average molecular weight is 327 g/mol. The van der Waals surface area contributed by atoms with Crippen molar-refractivity contribution in [2.24, 2.45) is 0 Å². The van der Waals surface area contributed by atoms with Gasteiger partial charge in [-0.2, -0.15) is 0 Å². The molecule has 3 rings (SSSR count). The molecular formula is C19H25N3O2. The van der Waals surface area contributed by atoms with Crippen LogP contribution in [0.1, 0.15) is 43.3 Å².